The molecule has 1 fully saturated rings. The molecule has 1 saturated heterocycles. The van der Waals surface area contributed by atoms with Crippen LogP contribution in [0.25, 0.3) is 0 Å². The van der Waals surface area contributed by atoms with Gasteiger partial charge in [-0.1, -0.05) is 0 Å². The standard InChI is InChI=1S/C20H19F4N3O4S/c1-19(2)17(28)27(13-5-6-15(25)14(9-13)20(22,23)24)18(29)26(19)10-11-8-12(21)4-7-16(11)32(3,30)31/h4-9H,10,25H2,1-3H3. The number of nitrogens with two attached hydrogens (primary N) is 1. The number of rotatable bonds is 4. The predicted molar refractivity (Wildman–Crippen MR) is 108 cm³/mol. The smallest absolute Gasteiger partial charge is 0.398 e. The van der Waals surface area contributed by atoms with Crippen LogP contribution in [-0.2, 0) is 27.4 Å². The number of imide groups is 1. The number of urea groups is 1. The first-order chi connectivity index (χ1) is 14.5. The van der Waals surface area contributed by atoms with Crippen molar-refractivity contribution in [1.82, 2.24) is 4.90 Å². The molecule has 1 aliphatic rings. The Balaban J connectivity index is 2.07. The number of amides is 3. The minimum absolute atomic E-state index is 0.0724. The maximum atomic E-state index is 13.8. The fraction of sp³-hybridized carbons (Fsp3) is 0.300. The first-order valence-electron chi connectivity index (χ1n) is 9.16. The molecule has 3 amide bonds. The van der Waals surface area contributed by atoms with E-state index in [9.17, 15) is 35.6 Å². The molecule has 1 heterocycles. The van der Waals surface area contributed by atoms with E-state index in [1.54, 1.807) is 0 Å². The van der Waals surface area contributed by atoms with Crippen LogP contribution in [0.15, 0.2) is 41.3 Å². The van der Waals surface area contributed by atoms with Crippen LogP contribution in [0.1, 0.15) is 25.0 Å². The Hall–Kier alpha value is -3.15. The quantitative estimate of drug-likeness (QED) is 0.317. The zero-order valence-electron chi connectivity index (χ0n) is 17.2. The maximum absolute atomic E-state index is 13.8. The molecule has 2 N–H and O–H groups in total. The lowest BCUT2D eigenvalue weighted by Gasteiger charge is -2.28. The second kappa shape index (κ2) is 7.47. The molecule has 172 valence electrons. The van der Waals surface area contributed by atoms with Crippen LogP contribution < -0.4 is 10.6 Å². The van der Waals surface area contributed by atoms with Crippen molar-refractivity contribution in [3.8, 4) is 0 Å². The molecule has 3 rings (SSSR count). The highest BCUT2D eigenvalue weighted by molar-refractivity contribution is 7.90. The van der Waals surface area contributed by atoms with Crippen LogP contribution in [0, 0.1) is 5.82 Å². The van der Waals surface area contributed by atoms with Crippen molar-refractivity contribution >= 4 is 33.2 Å². The van der Waals surface area contributed by atoms with E-state index in [4.69, 9.17) is 5.73 Å². The van der Waals surface area contributed by atoms with Crippen molar-refractivity contribution in [3.63, 3.8) is 0 Å². The van der Waals surface area contributed by atoms with E-state index >= 15 is 0 Å². The SMILES string of the molecule is CC1(C)C(=O)N(c2ccc(N)c(C(F)(F)F)c2)C(=O)N1Cc1cc(F)ccc1S(C)(=O)=O. The molecule has 2 aromatic carbocycles. The van der Waals surface area contributed by atoms with E-state index in [1.165, 1.54) is 13.8 Å². The van der Waals surface area contributed by atoms with Gasteiger partial charge in [0.15, 0.2) is 9.84 Å². The second-order valence-corrected chi connectivity index (χ2v) is 9.85. The number of nitrogens with zero attached hydrogens (tertiary/aromatic N) is 2. The molecule has 0 spiro atoms. The lowest BCUT2D eigenvalue weighted by Crippen LogP contribution is -2.43. The first kappa shape index (κ1) is 23.5. The van der Waals surface area contributed by atoms with Gasteiger partial charge in [-0.05, 0) is 55.8 Å². The molecule has 1 aliphatic heterocycles. The summed E-state index contributed by atoms with van der Waals surface area (Å²) in [5.74, 6) is -1.59. The highest BCUT2D eigenvalue weighted by Gasteiger charge is 2.52. The fourth-order valence-electron chi connectivity index (χ4n) is 3.46. The van der Waals surface area contributed by atoms with Crippen LogP contribution in [0.3, 0.4) is 0 Å². The van der Waals surface area contributed by atoms with Gasteiger partial charge >= 0.3 is 12.2 Å². The third-order valence-electron chi connectivity index (χ3n) is 5.17. The van der Waals surface area contributed by atoms with E-state index in [0.717, 1.165) is 41.5 Å². The van der Waals surface area contributed by atoms with E-state index in [2.05, 4.69) is 0 Å². The zero-order valence-corrected chi connectivity index (χ0v) is 18.0. The average molecular weight is 473 g/mol. The minimum Gasteiger partial charge on any atom is -0.398 e. The van der Waals surface area contributed by atoms with Gasteiger partial charge in [0.05, 0.1) is 16.1 Å². The number of carbonyl (C=O) groups excluding carboxylic acids is 2. The van der Waals surface area contributed by atoms with Gasteiger partial charge in [-0.15, -0.1) is 0 Å². The van der Waals surface area contributed by atoms with Gasteiger partial charge in [0, 0.05) is 18.5 Å². The molecule has 32 heavy (non-hydrogen) atoms. The number of halogens is 4. The van der Waals surface area contributed by atoms with Gasteiger partial charge < -0.3 is 10.6 Å². The second-order valence-electron chi connectivity index (χ2n) is 7.86. The van der Waals surface area contributed by atoms with Gasteiger partial charge in [-0.2, -0.15) is 13.2 Å². The average Bonchev–Trinajstić information content (AvgIpc) is 2.80. The Morgan fingerprint density at radius 3 is 2.25 bits per heavy atom. The van der Waals surface area contributed by atoms with Crippen molar-refractivity contribution in [1.29, 1.82) is 0 Å². The normalized spacial score (nSPS) is 16.7. The molecule has 0 saturated carbocycles. The molecule has 2 aromatic rings. The summed E-state index contributed by atoms with van der Waals surface area (Å²) in [6.07, 6.45) is -3.90. The number of anilines is 2. The van der Waals surface area contributed by atoms with Gasteiger partial charge in [-0.25, -0.2) is 22.5 Å². The Kier molecular flexibility index (Phi) is 5.49. The Morgan fingerprint density at radius 1 is 1.06 bits per heavy atom. The number of benzene rings is 2. The molecule has 0 unspecified atom stereocenters. The summed E-state index contributed by atoms with van der Waals surface area (Å²) in [6.45, 7) is 2.25. The van der Waals surface area contributed by atoms with E-state index in [0.29, 0.717) is 11.0 Å². The zero-order chi connectivity index (χ0) is 24.2. The molecule has 12 heteroatoms. The van der Waals surface area contributed by atoms with Gasteiger partial charge in [0.2, 0.25) is 0 Å². The molecular weight excluding hydrogens is 454 g/mol. The number of sulfone groups is 1. The number of hydrogen-bond donors (Lipinski definition) is 1. The van der Waals surface area contributed by atoms with Crippen molar-refractivity contribution < 1.29 is 35.6 Å². The number of nitrogen functional groups attached to an aromatic ring is 1. The molecule has 0 aromatic heterocycles. The molecule has 0 aliphatic carbocycles. The summed E-state index contributed by atoms with van der Waals surface area (Å²) < 4.78 is 77.7. The summed E-state index contributed by atoms with van der Waals surface area (Å²) >= 11 is 0. The van der Waals surface area contributed by atoms with Crippen molar-refractivity contribution in [3.05, 3.63) is 53.3 Å². The third-order valence-corrected chi connectivity index (χ3v) is 6.37. The maximum Gasteiger partial charge on any atom is 0.418 e. The Labute approximate surface area is 181 Å². The predicted octanol–water partition coefficient (Wildman–Crippen LogP) is 3.58. The first-order valence-corrected chi connectivity index (χ1v) is 11.1. The minimum atomic E-state index is -4.81. The van der Waals surface area contributed by atoms with E-state index < -0.39 is 57.1 Å². The van der Waals surface area contributed by atoms with Crippen molar-refractivity contribution in [2.75, 3.05) is 16.9 Å². The van der Waals surface area contributed by atoms with Crippen LogP contribution in [0.2, 0.25) is 0 Å². The van der Waals surface area contributed by atoms with Crippen LogP contribution in [0.4, 0.5) is 33.7 Å². The number of hydrogen-bond acceptors (Lipinski definition) is 5. The van der Waals surface area contributed by atoms with Crippen molar-refractivity contribution in [2.45, 2.75) is 37.0 Å². The molecule has 0 radical (unpaired) electrons. The van der Waals surface area contributed by atoms with Crippen LogP contribution in [0.5, 0.6) is 0 Å². The van der Waals surface area contributed by atoms with Crippen LogP contribution >= 0.6 is 0 Å². The number of alkyl halides is 3. The summed E-state index contributed by atoms with van der Waals surface area (Å²) in [6, 6.07) is 4.56. The molecule has 7 nitrogen and oxygen atoms in total. The number of carbonyl (C=O) groups is 2. The molecular formula is C20H19F4N3O4S. The highest BCUT2D eigenvalue weighted by atomic mass is 32.2. The van der Waals surface area contributed by atoms with Gasteiger partial charge in [0.25, 0.3) is 5.91 Å². The fourth-order valence-corrected chi connectivity index (χ4v) is 4.38. The Bertz CT molecular complexity index is 1230. The van der Waals surface area contributed by atoms with Crippen LogP contribution in [-0.4, -0.2) is 37.1 Å². The summed E-state index contributed by atoms with van der Waals surface area (Å²) in [4.78, 5) is 27.4. The third kappa shape index (κ3) is 4.01. The summed E-state index contributed by atoms with van der Waals surface area (Å²) in [5, 5.41) is 0. The topological polar surface area (TPSA) is 101 Å². The Morgan fingerprint density at radius 2 is 1.69 bits per heavy atom. The highest BCUT2D eigenvalue weighted by Crippen LogP contribution is 2.39. The molecule has 0 bridgehead atoms. The molecule has 0 atom stereocenters. The largest absolute Gasteiger partial charge is 0.418 e. The van der Waals surface area contributed by atoms with Gasteiger partial charge in [-0.3, -0.25) is 4.79 Å². The van der Waals surface area contributed by atoms with E-state index in [1.807, 2.05) is 0 Å². The summed E-state index contributed by atoms with van der Waals surface area (Å²) in [5.41, 5.74) is 1.62. The van der Waals surface area contributed by atoms with E-state index in [-0.39, 0.29) is 16.1 Å². The van der Waals surface area contributed by atoms with Gasteiger partial charge in [0.1, 0.15) is 11.4 Å². The monoisotopic (exact) mass is 473 g/mol. The van der Waals surface area contributed by atoms with Crippen molar-refractivity contribution in [2.24, 2.45) is 0 Å². The summed E-state index contributed by atoms with van der Waals surface area (Å²) in [7, 11) is -3.79. The lowest BCUT2D eigenvalue weighted by molar-refractivity contribution is -0.137. The lowest BCUT2D eigenvalue weighted by atomic mass is 10.0.